The van der Waals surface area contributed by atoms with Gasteiger partial charge < -0.3 is 28.8 Å². The first kappa shape index (κ1) is 30.6. The van der Waals surface area contributed by atoms with E-state index in [0.717, 1.165) is 0 Å². The van der Waals surface area contributed by atoms with E-state index >= 15 is 0 Å². The molecular formula is C27H42O10. The van der Waals surface area contributed by atoms with Crippen molar-refractivity contribution in [3.05, 3.63) is 11.8 Å². The van der Waals surface area contributed by atoms with Gasteiger partial charge in [-0.15, -0.1) is 0 Å². The second-order valence-electron chi connectivity index (χ2n) is 11.3. The number of fused-ring (bicyclic) bond motifs is 1. The number of aliphatic hydroxyl groups is 1. The van der Waals surface area contributed by atoms with Crippen LogP contribution in [0.3, 0.4) is 0 Å². The second-order valence-corrected chi connectivity index (χ2v) is 11.3. The summed E-state index contributed by atoms with van der Waals surface area (Å²) >= 11 is 0. The maximum atomic E-state index is 12.5. The Labute approximate surface area is 219 Å². The average molecular weight is 527 g/mol. The molecule has 1 fully saturated rings. The number of ether oxygens (including phenoxy) is 5. The molecule has 1 N–H and O–H groups in total. The molecule has 0 amide bonds. The van der Waals surface area contributed by atoms with Crippen molar-refractivity contribution in [1.29, 1.82) is 0 Å². The standard InChI is InChI=1S/C27H42O10/c1-15(2)8-22(29)33-12-19-13-34-26(37-24(31)10-17(5)6)25-20(19)11-21(36-18(7)28)27(25,32)14-35-23(30)9-16(3)4/h13,15-17,20-21,25-26,32H,8-12,14H2,1-7H3/t20-,21+,25-,26-,27-/m1/s1. The van der Waals surface area contributed by atoms with Crippen LogP contribution in [-0.2, 0) is 42.9 Å². The molecular weight excluding hydrogens is 484 g/mol. The number of esters is 4. The van der Waals surface area contributed by atoms with E-state index in [1.54, 1.807) is 0 Å². The molecule has 1 aliphatic heterocycles. The van der Waals surface area contributed by atoms with Gasteiger partial charge >= 0.3 is 23.9 Å². The van der Waals surface area contributed by atoms with Crippen LogP contribution >= 0.6 is 0 Å². The smallest absolute Gasteiger partial charge is 0.309 e. The number of hydrogen-bond donors (Lipinski definition) is 1. The fourth-order valence-corrected chi connectivity index (χ4v) is 4.72. The van der Waals surface area contributed by atoms with E-state index in [4.69, 9.17) is 23.7 Å². The van der Waals surface area contributed by atoms with Crippen LogP contribution in [0.4, 0.5) is 0 Å². The van der Waals surface area contributed by atoms with E-state index in [0.29, 0.717) is 5.57 Å². The normalized spacial score (nSPS) is 26.8. The number of carbonyl (C=O) groups excluding carboxylic acids is 4. The molecule has 1 saturated carbocycles. The maximum absolute atomic E-state index is 12.5. The van der Waals surface area contributed by atoms with E-state index in [-0.39, 0.29) is 56.0 Å². The van der Waals surface area contributed by atoms with E-state index in [9.17, 15) is 24.3 Å². The summed E-state index contributed by atoms with van der Waals surface area (Å²) in [7, 11) is 0. The molecule has 10 heteroatoms. The highest BCUT2D eigenvalue weighted by Crippen LogP contribution is 2.50. The van der Waals surface area contributed by atoms with E-state index in [1.165, 1.54) is 13.2 Å². The molecule has 0 radical (unpaired) electrons. The lowest BCUT2D eigenvalue weighted by Crippen LogP contribution is -2.55. The van der Waals surface area contributed by atoms with Gasteiger partial charge in [-0.2, -0.15) is 0 Å². The van der Waals surface area contributed by atoms with E-state index in [2.05, 4.69) is 0 Å². The predicted molar refractivity (Wildman–Crippen MR) is 131 cm³/mol. The summed E-state index contributed by atoms with van der Waals surface area (Å²) in [5.74, 6) is -3.33. The zero-order valence-electron chi connectivity index (χ0n) is 23.0. The molecule has 0 bridgehead atoms. The number of hydrogen-bond acceptors (Lipinski definition) is 10. The van der Waals surface area contributed by atoms with Crippen LogP contribution in [0, 0.1) is 29.6 Å². The van der Waals surface area contributed by atoms with Gasteiger partial charge in [0.1, 0.15) is 24.9 Å². The monoisotopic (exact) mass is 526 g/mol. The van der Waals surface area contributed by atoms with Crippen LogP contribution < -0.4 is 0 Å². The molecule has 0 aromatic rings. The Morgan fingerprint density at radius 1 is 0.919 bits per heavy atom. The maximum Gasteiger partial charge on any atom is 0.309 e. The minimum Gasteiger partial charge on any atom is -0.462 e. The molecule has 0 aromatic carbocycles. The van der Waals surface area contributed by atoms with Crippen molar-refractivity contribution < 1.29 is 48.0 Å². The Morgan fingerprint density at radius 3 is 2.00 bits per heavy atom. The molecule has 0 spiro atoms. The lowest BCUT2D eigenvalue weighted by atomic mass is 9.80. The first-order valence-corrected chi connectivity index (χ1v) is 13.0. The van der Waals surface area contributed by atoms with Crippen molar-refractivity contribution in [3.8, 4) is 0 Å². The van der Waals surface area contributed by atoms with E-state index < -0.39 is 54.3 Å². The summed E-state index contributed by atoms with van der Waals surface area (Å²) < 4.78 is 27.7. The first-order chi connectivity index (χ1) is 17.2. The summed E-state index contributed by atoms with van der Waals surface area (Å²) in [5, 5.41) is 11.9. The van der Waals surface area contributed by atoms with Crippen LogP contribution in [-0.4, -0.2) is 60.2 Å². The molecule has 0 saturated heterocycles. The Kier molecular flexibility index (Phi) is 11.0. The molecule has 37 heavy (non-hydrogen) atoms. The summed E-state index contributed by atoms with van der Waals surface area (Å²) in [6, 6.07) is 0. The van der Waals surface area contributed by atoms with Crippen molar-refractivity contribution in [1.82, 2.24) is 0 Å². The third-order valence-corrected chi connectivity index (χ3v) is 6.30. The lowest BCUT2D eigenvalue weighted by Gasteiger charge is -2.40. The highest BCUT2D eigenvalue weighted by atomic mass is 16.7. The quantitative estimate of drug-likeness (QED) is 0.298. The minimum atomic E-state index is -1.91. The largest absolute Gasteiger partial charge is 0.462 e. The molecule has 1 aliphatic carbocycles. The Balaban J connectivity index is 2.37. The molecule has 210 valence electrons. The van der Waals surface area contributed by atoms with Gasteiger partial charge in [0, 0.05) is 37.7 Å². The Morgan fingerprint density at radius 2 is 1.46 bits per heavy atom. The van der Waals surface area contributed by atoms with Crippen molar-refractivity contribution in [2.75, 3.05) is 13.2 Å². The number of carbonyl (C=O) groups is 4. The zero-order chi connectivity index (χ0) is 27.9. The molecule has 2 aliphatic rings. The van der Waals surface area contributed by atoms with Gasteiger partial charge in [-0.3, -0.25) is 19.2 Å². The highest BCUT2D eigenvalue weighted by Gasteiger charge is 2.63. The van der Waals surface area contributed by atoms with Crippen LogP contribution in [0.2, 0.25) is 0 Å². The molecule has 2 rings (SSSR count). The zero-order valence-corrected chi connectivity index (χ0v) is 23.0. The van der Waals surface area contributed by atoms with Crippen LogP contribution in [0.5, 0.6) is 0 Å². The van der Waals surface area contributed by atoms with Gasteiger partial charge in [0.25, 0.3) is 0 Å². The Bertz CT molecular complexity index is 861. The van der Waals surface area contributed by atoms with Gasteiger partial charge in [0.15, 0.2) is 0 Å². The van der Waals surface area contributed by atoms with Crippen LogP contribution in [0.15, 0.2) is 11.8 Å². The third kappa shape index (κ3) is 8.72. The summed E-state index contributed by atoms with van der Waals surface area (Å²) in [4.78, 5) is 48.9. The molecule has 1 heterocycles. The average Bonchev–Trinajstić information content (AvgIpc) is 3.02. The topological polar surface area (TPSA) is 135 Å². The first-order valence-electron chi connectivity index (χ1n) is 13.0. The van der Waals surface area contributed by atoms with Crippen molar-refractivity contribution in [3.63, 3.8) is 0 Å². The lowest BCUT2D eigenvalue weighted by molar-refractivity contribution is -0.225. The van der Waals surface area contributed by atoms with Crippen LogP contribution in [0.1, 0.15) is 74.1 Å². The highest BCUT2D eigenvalue weighted by molar-refractivity contribution is 5.71. The Hall–Kier alpha value is -2.62. The minimum absolute atomic E-state index is 0.0339. The summed E-state index contributed by atoms with van der Waals surface area (Å²) in [5.41, 5.74) is -1.37. The third-order valence-electron chi connectivity index (χ3n) is 6.30. The van der Waals surface area contributed by atoms with Gasteiger partial charge in [0.2, 0.25) is 6.29 Å². The predicted octanol–water partition coefficient (Wildman–Crippen LogP) is 3.29. The summed E-state index contributed by atoms with van der Waals surface area (Å²) in [6.45, 7) is 11.9. The molecule has 0 aromatic heterocycles. The van der Waals surface area contributed by atoms with Gasteiger partial charge in [0.05, 0.1) is 12.2 Å². The fourth-order valence-electron chi connectivity index (χ4n) is 4.72. The van der Waals surface area contributed by atoms with Crippen molar-refractivity contribution in [2.45, 2.75) is 92.1 Å². The SMILES string of the molecule is CC(=O)O[C@H]1C[C@@H]2C(COC(=O)CC(C)C)=CO[C@H](OC(=O)CC(C)C)[C@@H]2[C@@]1(O)COC(=O)CC(C)C. The van der Waals surface area contributed by atoms with Crippen molar-refractivity contribution in [2.24, 2.45) is 29.6 Å². The number of rotatable bonds is 12. The van der Waals surface area contributed by atoms with Gasteiger partial charge in [-0.1, -0.05) is 41.5 Å². The van der Waals surface area contributed by atoms with Crippen molar-refractivity contribution >= 4 is 23.9 Å². The second kappa shape index (κ2) is 13.3. The molecule has 5 atom stereocenters. The van der Waals surface area contributed by atoms with Crippen LogP contribution in [0.25, 0.3) is 0 Å². The summed E-state index contributed by atoms with van der Waals surface area (Å²) in [6.07, 6.45) is -0.270. The fraction of sp³-hybridized carbons (Fsp3) is 0.778. The van der Waals surface area contributed by atoms with Gasteiger partial charge in [-0.25, -0.2) is 0 Å². The van der Waals surface area contributed by atoms with Gasteiger partial charge in [-0.05, 0) is 24.2 Å². The molecule has 10 nitrogen and oxygen atoms in total. The molecule has 0 unspecified atom stereocenters. The van der Waals surface area contributed by atoms with E-state index in [1.807, 2.05) is 41.5 Å².